The van der Waals surface area contributed by atoms with Crippen LogP contribution in [-0.2, 0) is 16.1 Å². The Kier molecular flexibility index (Phi) is 7.97. The molecule has 0 aliphatic carbocycles. The first kappa shape index (κ1) is 21.1. The van der Waals surface area contributed by atoms with E-state index >= 15 is 0 Å². The summed E-state index contributed by atoms with van der Waals surface area (Å²) in [5, 5.41) is 17.6. The Bertz CT molecular complexity index is 490. The van der Waals surface area contributed by atoms with E-state index in [2.05, 4.69) is 51.5 Å². The minimum atomic E-state index is -1.63. The minimum Gasteiger partial charge on any atom is -0.480 e. The lowest BCUT2D eigenvalue weighted by Crippen LogP contribution is -2.43. The molecule has 0 spiro atoms. The lowest BCUT2D eigenvalue weighted by atomic mass is 9.75. The number of benzene rings is 1. The number of hydrogen-bond acceptors (Lipinski definition) is 2. The van der Waals surface area contributed by atoms with Crippen molar-refractivity contribution in [1.29, 1.82) is 0 Å². The van der Waals surface area contributed by atoms with Gasteiger partial charge in [-0.3, -0.25) is 9.59 Å². The zero-order valence-electron chi connectivity index (χ0n) is 15.0. The Labute approximate surface area is 139 Å². The van der Waals surface area contributed by atoms with Gasteiger partial charge in [-0.25, -0.2) is 0 Å². The van der Waals surface area contributed by atoms with Crippen LogP contribution < -0.4 is 0 Å². The van der Waals surface area contributed by atoms with E-state index < -0.39 is 23.3 Å². The summed E-state index contributed by atoms with van der Waals surface area (Å²) in [4.78, 5) is 21.5. The zero-order valence-corrected chi connectivity index (χ0v) is 15.0. The molecule has 1 rings (SSSR count). The van der Waals surface area contributed by atoms with Crippen LogP contribution >= 0.6 is 0 Å². The highest BCUT2D eigenvalue weighted by molar-refractivity contribution is 5.98. The molecule has 0 radical (unpaired) electrons. The molecule has 0 aliphatic rings. The molecule has 0 amide bonds. The molecule has 0 atom stereocenters. The first-order chi connectivity index (χ1) is 10.5. The summed E-state index contributed by atoms with van der Waals surface area (Å²) in [6.45, 7) is 5.88. The van der Waals surface area contributed by atoms with Gasteiger partial charge in [-0.2, -0.15) is 0 Å². The fourth-order valence-corrected chi connectivity index (χ4v) is 2.43. The molecule has 0 heterocycles. The van der Waals surface area contributed by atoms with E-state index in [1.165, 1.54) is 5.56 Å². The predicted octanol–water partition coefficient (Wildman–Crippen LogP) is 3.10. The second kappa shape index (κ2) is 8.67. The van der Waals surface area contributed by atoms with Crippen molar-refractivity contribution in [3.05, 3.63) is 35.9 Å². The van der Waals surface area contributed by atoms with Crippen molar-refractivity contribution >= 4 is 11.9 Å². The molecule has 0 bridgehead atoms. The van der Waals surface area contributed by atoms with Crippen LogP contribution in [-0.4, -0.2) is 47.8 Å². The second-order valence-electron chi connectivity index (χ2n) is 7.02. The van der Waals surface area contributed by atoms with Crippen molar-refractivity contribution in [3.8, 4) is 0 Å². The lowest BCUT2D eigenvalue weighted by Gasteiger charge is -2.26. The molecule has 0 aromatic heterocycles. The number of carboxylic acids is 2. The van der Waals surface area contributed by atoms with Crippen LogP contribution in [0.3, 0.4) is 0 Å². The lowest BCUT2D eigenvalue weighted by molar-refractivity contribution is -0.884. The van der Waals surface area contributed by atoms with Crippen molar-refractivity contribution in [1.82, 2.24) is 0 Å². The Hall–Kier alpha value is -1.88. The summed E-state index contributed by atoms with van der Waals surface area (Å²) < 4.78 is 0.990. The van der Waals surface area contributed by atoms with Crippen molar-refractivity contribution in [2.45, 2.75) is 33.7 Å². The normalized spacial score (nSPS) is 11.6. The van der Waals surface area contributed by atoms with Crippen LogP contribution in [0, 0.1) is 11.3 Å². The van der Waals surface area contributed by atoms with Crippen molar-refractivity contribution in [2.75, 3.05) is 21.1 Å². The smallest absolute Gasteiger partial charge is 0.321 e. The molecule has 1 aromatic rings. The predicted molar refractivity (Wildman–Crippen MR) is 91.0 cm³/mol. The number of nitrogens with zero attached hydrogens (tertiary/aromatic N) is 1. The van der Waals surface area contributed by atoms with Gasteiger partial charge >= 0.3 is 11.9 Å². The largest absolute Gasteiger partial charge is 0.480 e. The maximum Gasteiger partial charge on any atom is 0.321 e. The highest BCUT2D eigenvalue weighted by Crippen LogP contribution is 2.31. The van der Waals surface area contributed by atoms with Gasteiger partial charge in [-0.1, -0.05) is 51.1 Å². The van der Waals surface area contributed by atoms with E-state index in [0.717, 1.165) is 11.0 Å². The van der Waals surface area contributed by atoms with Crippen molar-refractivity contribution in [3.63, 3.8) is 0 Å². The number of hydrogen-bond donors (Lipinski definition) is 2. The average molecular weight is 324 g/mol. The van der Waals surface area contributed by atoms with E-state index in [0.29, 0.717) is 0 Å². The fourth-order valence-electron chi connectivity index (χ4n) is 2.43. The Morgan fingerprint density at radius 1 is 1.04 bits per heavy atom. The van der Waals surface area contributed by atoms with Gasteiger partial charge in [0.1, 0.15) is 6.54 Å². The number of rotatable bonds is 6. The van der Waals surface area contributed by atoms with E-state index in [9.17, 15) is 9.59 Å². The molecule has 5 nitrogen and oxygen atoms in total. The van der Waals surface area contributed by atoms with Crippen molar-refractivity contribution in [2.24, 2.45) is 11.3 Å². The molecule has 1 aromatic carbocycles. The summed E-state index contributed by atoms with van der Waals surface area (Å²) in [5.41, 5.74) is -0.222. The molecule has 0 saturated heterocycles. The third kappa shape index (κ3) is 6.40. The summed E-state index contributed by atoms with van der Waals surface area (Å²) in [6, 6.07) is 10.6. The van der Waals surface area contributed by atoms with Gasteiger partial charge in [0.05, 0.1) is 21.1 Å². The standard InChI is InChI=1S/C10H16N.C8H14O4/c1-11(2,3)9-10-7-5-4-6-8-10;1-4-8(5(2)3,6(9)10)7(11)12/h4-8H,9H2,1-3H3;5H,4H2,1-3H3,(H,9,10)(H,11,12)/q+1;. The number of quaternary nitrogens is 1. The van der Waals surface area contributed by atoms with Gasteiger partial charge in [-0.15, -0.1) is 0 Å². The van der Waals surface area contributed by atoms with Gasteiger partial charge in [0, 0.05) is 5.56 Å². The Morgan fingerprint density at radius 3 is 1.70 bits per heavy atom. The molecule has 0 saturated carbocycles. The Balaban J connectivity index is 0.000000422. The minimum absolute atomic E-state index is 0.106. The van der Waals surface area contributed by atoms with Crippen molar-refractivity contribution < 1.29 is 24.3 Å². The van der Waals surface area contributed by atoms with E-state index in [4.69, 9.17) is 10.2 Å². The highest BCUT2D eigenvalue weighted by Gasteiger charge is 2.47. The van der Waals surface area contributed by atoms with Gasteiger partial charge in [0.25, 0.3) is 0 Å². The monoisotopic (exact) mass is 324 g/mol. The van der Waals surface area contributed by atoms with Crippen LogP contribution in [0.4, 0.5) is 0 Å². The van der Waals surface area contributed by atoms with Gasteiger partial charge in [-0.05, 0) is 12.3 Å². The van der Waals surface area contributed by atoms with Crippen LogP contribution in [0.15, 0.2) is 30.3 Å². The van der Waals surface area contributed by atoms with Gasteiger partial charge in [0.15, 0.2) is 5.41 Å². The van der Waals surface area contributed by atoms with E-state index in [1.54, 1.807) is 20.8 Å². The zero-order chi connectivity index (χ0) is 18.3. The maximum absolute atomic E-state index is 10.8. The maximum atomic E-state index is 10.8. The molecule has 0 fully saturated rings. The molecule has 0 unspecified atom stereocenters. The van der Waals surface area contributed by atoms with Crippen LogP contribution in [0.2, 0.25) is 0 Å². The number of carbonyl (C=O) groups is 2. The summed E-state index contributed by atoms with van der Waals surface area (Å²) in [5.74, 6) is -2.92. The van der Waals surface area contributed by atoms with Crippen LogP contribution in [0.1, 0.15) is 32.8 Å². The van der Waals surface area contributed by atoms with Crippen LogP contribution in [0.25, 0.3) is 0 Å². The Morgan fingerprint density at radius 2 is 1.48 bits per heavy atom. The first-order valence-corrected chi connectivity index (χ1v) is 7.78. The summed E-state index contributed by atoms with van der Waals surface area (Å²) in [6.07, 6.45) is 0.106. The van der Waals surface area contributed by atoms with Crippen LogP contribution in [0.5, 0.6) is 0 Å². The SMILES string of the molecule is CCC(C(=O)O)(C(=O)O)C(C)C.C[N+](C)(C)Cc1ccccc1. The quantitative estimate of drug-likeness (QED) is 0.623. The number of carboxylic acid groups (broad SMARTS) is 2. The van der Waals surface area contributed by atoms with E-state index in [-0.39, 0.29) is 6.42 Å². The first-order valence-electron chi connectivity index (χ1n) is 7.78. The molecule has 2 N–H and O–H groups in total. The highest BCUT2D eigenvalue weighted by atomic mass is 16.4. The molecular formula is C18H30NO4+. The fraction of sp³-hybridized carbons (Fsp3) is 0.556. The molecule has 130 valence electrons. The third-order valence-electron chi connectivity index (χ3n) is 3.81. The third-order valence-corrected chi connectivity index (χ3v) is 3.81. The summed E-state index contributed by atoms with van der Waals surface area (Å²) >= 11 is 0. The molecule has 23 heavy (non-hydrogen) atoms. The molecule has 0 aliphatic heterocycles. The molecule has 5 heteroatoms. The van der Waals surface area contributed by atoms with Gasteiger partial charge in [0.2, 0.25) is 0 Å². The molecular weight excluding hydrogens is 294 g/mol. The topological polar surface area (TPSA) is 74.6 Å². The number of aliphatic carboxylic acids is 2. The second-order valence-corrected chi connectivity index (χ2v) is 7.02. The summed E-state index contributed by atoms with van der Waals surface area (Å²) in [7, 11) is 6.60. The average Bonchev–Trinajstić information content (AvgIpc) is 2.38. The van der Waals surface area contributed by atoms with E-state index in [1.807, 2.05) is 0 Å². The van der Waals surface area contributed by atoms with Gasteiger partial charge < -0.3 is 14.7 Å².